The van der Waals surface area contributed by atoms with Gasteiger partial charge < -0.3 is 14.6 Å². The number of hydrogen-bond acceptors (Lipinski definition) is 5. The van der Waals surface area contributed by atoms with Gasteiger partial charge in [0, 0.05) is 12.8 Å². The van der Waals surface area contributed by atoms with Crippen molar-refractivity contribution in [1.29, 1.82) is 0 Å². The first-order chi connectivity index (χ1) is 42.6. The van der Waals surface area contributed by atoms with Crippen molar-refractivity contribution >= 4 is 11.9 Å². The Hall–Kier alpha value is -6.30. The van der Waals surface area contributed by atoms with Crippen molar-refractivity contribution in [3.05, 3.63) is 243 Å². The summed E-state index contributed by atoms with van der Waals surface area (Å²) in [7, 11) is 0. The third-order valence-electron chi connectivity index (χ3n) is 13.1. The molecular formula is C81H120O5. The highest BCUT2D eigenvalue weighted by Crippen LogP contribution is 2.12. The number of aliphatic hydroxyl groups is 1. The Morgan fingerprint density at radius 2 is 0.465 bits per heavy atom. The van der Waals surface area contributed by atoms with Crippen molar-refractivity contribution < 1.29 is 24.2 Å². The average molecular weight is 1170 g/mol. The standard InChI is InChI=1S/C81H120O5/c1-3-5-7-9-11-13-15-17-19-21-23-25-27-29-31-33-35-36-37-38-39-40-41-42-43-44-46-48-50-52-54-56-58-60-62-64-66-68-70-72-74-76-81(84)86-79(77-82)78-85-80(83)75-73-71-69-67-65-63-61-59-57-55-53-51-49-47-45-34-32-30-28-26-24-22-20-18-16-14-12-10-8-6-4-2/h5-8,11-14,17-20,23-26,29-32,35-36,38-39,41-42,44-47,50-53,56-59,63,65,79,82H,3-4,9-10,15-16,21-22,27-28,33-34,37,40,43,48-49,54-55,60-62,64,66-78H2,1-2H3/b7-5-,8-6-,13-11-,14-12-,19-17-,20-18-,25-23-,26-24-,31-29-,32-30-,36-35-,39-38-,42-41-,46-44-,47-45-,52-50-,53-51-,58-56-,59-57-,65-63-. The molecular weight excluding hydrogens is 1050 g/mol. The zero-order valence-corrected chi connectivity index (χ0v) is 54.2. The topological polar surface area (TPSA) is 72.8 Å². The minimum Gasteiger partial charge on any atom is -0.462 e. The predicted molar refractivity (Wildman–Crippen MR) is 379 cm³/mol. The number of unbranched alkanes of at least 4 members (excludes halogenated alkanes) is 10. The molecule has 0 bridgehead atoms. The number of ether oxygens (including phenoxy) is 2. The number of allylic oxidation sites excluding steroid dienone is 40. The van der Waals surface area contributed by atoms with Crippen molar-refractivity contribution in [2.45, 2.75) is 238 Å². The van der Waals surface area contributed by atoms with Crippen LogP contribution in [0.2, 0.25) is 0 Å². The van der Waals surface area contributed by atoms with E-state index in [9.17, 15) is 14.7 Å². The summed E-state index contributed by atoms with van der Waals surface area (Å²) in [6.45, 7) is 3.85. The summed E-state index contributed by atoms with van der Waals surface area (Å²) >= 11 is 0. The molecule has 86 heavy (non-hydrogen) atoms. The van der Waals surface area contributed by atoms with Crippen molar-refractivity contribution in [3.8, 4) is 0 Å². The minimum absolute atomic E-state index is 0.105. The molecule has 1 unspecified atom stereocenters. The molecule has 0 amide bonds. The quantitative estimate of drug-likeness (QED) is 0.0373. The van der Waals surface area contributed by atoms with Crippen LogP contribution >= 0.6 is 0 Å². The SMILES string of the molecule is CC/C=C\C/C=C\C/C=C\C/C=C\C/C=C\C/C=C\C/C=C\C/C=C\C/C=C\C/C=C\C/C=C\CCCCCCCCCC(=O)OC(CO)COC(=O)CCCCC/C=C\C/C=C\C/C=C\C/C=C\C/C=C\C/C=C\C/C=C\C/C=C\C/C=C\CC. The molecule has 0 fully saturated rings. The first-order valence-electron chi connectivity index (χ1n) is 33.6. The molecule has 0 aliphatic heterocycles. The van der Waals surface area contributed by atoms with Crippen LogP contribution in [0.15, 0.2) is 243 Å². The Kier molecular flexibility index (Phi) is 67.6. The van der Waals surface area contributed by atoms with Gasteiger partial charge in [0.05, 0.1) is 6.61 Å². The summed E-state index contributed by atoms with van der Waals surface area (Å²) in [5, 5.41) is 9.69. The molecule has 0 spiro atoms. The summed E-state index contributed by atoms with van der Waals surface area (Å²) in [6, 6.07) is 0. The zero-order chi connectivity index (χ0) is 61.9. The smallest absolute Gasteiger partial charge is 0.306 e. The second-order valence-electron chi connectivity index (χ2n) is 21.1. The van der Waals surface area contributed by atoms with Gasteiger partial charge in [-0.15, -0.1) is 0 Å². The lowest BCUT2D eigenvalue weighted by molar-refractivity contribution is -0.161. The molecule has 5 heteroatoms. The molecule has 0 saturated heterocycles. The van der Waals surface area contributed by atoms with Crippen molar-refractivity contribution in [2.75, 3.05) is 13.2 Å². The Labute approximate surface area is 527 Å². The normalized spacial score (nSPS) is 13.8. The molecule has 1 N–H and O–H groups in total. The molecule has 0 aliphatic rings. The molecule has 0 aliphatic carbocycles. The molecule has 5 nitrogen and oxygen atoms in total. The van der Waals surface area contributed by atoms with Gasteiger partial charge in [-0.3, -0.25) is 9.59 Å². The predicted octanol–water partition coefficient (Wildman–Crippen LogP) is 23.9. The van der Waals surface area contributed by atoms with Crippen LogP contribution in [0.1, 0.15) is 232 Å². The van der Waals surface area contributed by atoms with E-state index in [-0.39, 0.29) is 25.2 Å². The number of hydrogen-bond donors (Lipinski definition) is 1. The van der Waals surface area contributed by atoms with Crippen LogP contribution in [0, 0.1) is 0 Å². The minimum atomic E-state index is -0.814. The average Bonchev–Trinajstić information content (AvgIpc) is 3.54. The molecule has 474 valence electrons. The van der Waals surface area contributed by atoms with E-state index in [0.29, 0.717) is 12.8 Å². The monoisotopic (exact) mass is 1170 g/mol. The Bertz CT molecular complexity index is 2160. The molecule has 0 aromatic heterocycles. The molecule has 0 aromatic rings. The van der Waals surface area contributed by atoms with Gasteiger partial charge in [-0.05, 0) is 167 Å². The van der Waals surface area contributed by atoms with Gasteiger partial charge in [0.2, 0.25) is 0 Å². The molecule has 0 aromatic carbocycles. The van der Waals surface area contributed by atoms with Crippen LogP contribution in [-0.2, 0) is 19.1 Å². The van der Waals surface area contributed by atoms with Crippen LogP contribution in [0.5, 0.6) is 0 Å². The van der Waals surface area contributed by atoms with E-state index in [1.165, 1.54) is 25.7 Å². The van der Waals surface area contributed by atoms with Crippen LogP contribution in [0.25, 0.3) is 0 Å². The maximum atomic E-state index is 12.4. The van der Waals surface area contributed by atoms with Crippen molar-refractivity contribution in [2.24, 2.45) is 0 Å². The highest BCUT2D eigenvalue weighted by atomic mass is 16.6. The fourth-order valence-corrected chi connectivity index (χ4v) is 8.20. The fourth-order valence-electron chi connectivity index (χ4n) is 8.20. The fraction of sp³-hybridized carbons (Fsp3) is 0.481. The second kappa shape index (κ2) is 73.0. The van der Waals surface area contributed by atoms with Crippen molar-refractivity contribution in [1.82, 2.24) is 0 Å². The third kappa shape index (κ3) is 70.2. The van der Waals surface area contributed by atoms with E-state index in [1.54, 1.807) is 0 Å². The van der Waals surface area contributed by atoms with E-state index >= 15 is 0 Å². The van der Waals surface area contributed by atoms with Gasteiger partial charge in [-0.2, -0.15) is 0 Å². The summed E-state index contributed by atoms with van der Waals surface area (Å²) in [4.78, 5) is 24.6. The summed E-state index contributed by atoms with van der Waals surface area (Å²) in [5.41, 5.74) is 0. The maximum absolute atomic E-state index is 12.4. The van der Waals surface area contributed by atoms with Crippen LogP contribution in [0.4, 0.5) is 0 Å². The van der Waals surface area contributed by atoms with Gasteiger partial charge >= 0.3 is 11.9 Å². The zero-order valence-electron chi connectivity index (χ0n) is 54.2. The van der Waals surface area contributed by atoms with Gasteiger partial charge in [0.1, 0.15) is 6.61 Å². The van der Waals surface area contributed by atoms with Gasteiger partial charge in [-0.25, -0.2) is 0 Å². The molecule has 1 atom stereocenters. The van der Waals surface area contributed by atoms with Crippen LogP contribution in [-0.4, -0.2) is 36.4 Å². The Morgan fingerprint density at radius 3 is 0.709 bits per heavy atom. The molecule has 0 saturated carbocycles. The summed E-state index contributed by atoms with van der Waals surface area (Å²) in [5.74, 6) is -0.662. The van der Waals surface area contributed by atoms with Gasteiger partial charge in [0.25, 0.3) is 0 Å². The lowest BCUT2D eigenvalue weighted by Crippen LogP contribution is -2.28. The largest absolute Gasteiger partial charge is 0.462 e. The lowest BCUT2D eigenvalue weighted by Gasteiger charge is -2.15. The number of esters is 2. The highest BCUT2D eigenvalue weighted by molar-refractivity contribution is 5.70. The van der Waals surface area contributed by atoms with Gasteiger partial charge in [-0.1, -0.05) is 295 Å². The summed E-state index contributed by atoms with van der Waals surface area (Å²) < 4.78 is 10.7. The van der Waals surface area contributed by atoms with Gasteiger partial charge in [0.15, 0.2) is 6.10 Å². The highest BCUT2D eigenvalue weighted by Gasteiger charge is 2.16. The van der Waals surface area contributed by atoms with Crippen LogP contribution in [0.3, 0.4) is 0 Å². The van der Waals surface area contributed by atoms with E-state index in [2.05, 4.69) is 257 Å². The number of rotatable bonds is 58. The van der Waals surface area contributed by atoms with Crippen LogP contribution < -0.4 is 0 Å². The third-order valence-corrected chi connectivity index (χ3v) is 13.1. The second-order valence-corrected chi connectivity index (χ2v) is 21.1. The number of carbonyl (C=O) groups is 2. The number of aliphatic hydroxyl groups excluding tert-OH is 1. The first-order valence-corrected chi connectivity index (χ1v) is 33.6. The van der Waals surface area contributed by atoms with E-state index in [0.717, 1.165) is 180 Å². The number of carbonyl (C=O) groups excluding carboxylic acids is 2. The first kappa shape index (κ1) is 79.7. The Balaban J connectivity index is 3.70. The maximum Gasteiger partial charge on any atom is 0.306 e. The molecule has 0 heterocycles. The molecule has 0 rings (SSSR count). The summed E-state index contributed by atoms with van der Waals surface area (Å²) in [6.07, 6.45) is 121. The Morgan fingerprint density at radius 1 is 0.267 bits per heavy atom. The van der Waals surface area contributed by atoms with E-state index < -0.39 is 6.10 Å². The molecule has 0 radical (unpaired) electrons. The van der Waals surface area contributed by atoms with E-state index in [1.807, 2.05) is 0 Å². The lowest BCUT2D eigenvalue weighted by atomic mass is 10.1. The van der Waals surface area contributed by atoms with Crippen molar-refractivity contribution in [3.63, 3.8) is 0 Å². The van der Waals surface area contributed by atoms with E-state index in [4.69, 9.17) is 9.47 Å².